The molecular formula is C11H21N3O7S. The van der Waals surface area contributed by atoms with Gasteiger partial charge in [-0.3, -0.25) is 9.35 Å². The Morgan fingerprint density at radius 2 is 1.82 bits per heavy atom. The average Bonchev–Trinajstić information content (AvgIpc) is 2.35. The number of hydrogen-bond acceptors (Lipinski definition) is 8. The van der Waals surface area contributed by atoms with Crippen LogP contribution in [-0.2, 0) is 29.2 Å². The van der Waals surface area contributed by atoms with Crippen LogP contribution in [0, 0.1) is 0 Å². The Hall–Kier alpha value is -1.56. The summed E-state index contributed by atoms with van der Waals surface area (Å²) in [5.74, 6) is -4.20. The molecule has 11 heteroatoms. The predicted molar refractivity (Wildman–Crippen MR) is 76.0 cm³/mol. The topological polar surface area (TPSA) is 179 Å². The first kappa shape index (κ1) is 20.4. The summed E-state index contributed by atoms with van der Waals surface area (Å²) >= 11 is 0. The van der Waals surface area contributed by atoms with Gasteiger partial charge in [0.2, 0.25) is 5.91 Å². The normalized spacial score (nSPS) is 14.0. The second-order valence-electron chi connectivity index (χ2n) is 4.63. The lowest BCUT2D eigenvalue weighted by atomic mass is 10.1. The van der Waals surface area contributed by atoms with Crippen molar-refractivity contribution >= 4 is 28.0 Å². The fraction of sp³-hybridized carbons (Fsp3) is 0.727. The lowest BCUT2D eigenvalue weighted by Gasteiger charge is -2.16. The van der Waals surface area contributed by atoms with E-state index in [0.717, 1.165) is 6.92 Å². The fourth-order valence-corrected chi connectivity index (χ4v) is 2.14. The third kappa shape index (κ3) is 9.39. The maximum absolute atomic E-state index is 11.7. The van der Waals surface area contributed by atoms with E-state index in [1.54, 1.807) is 0 Å². The minimum Gasteiger partial charge on any atom is -0.390 e. The van der Waals surface area contributed by atoms with E-state index in [9.17, 15) is 22.8 Å². The molecule has 0 aromatic carbocycles. The standard InChI is InChI=1S/C11H21N3O7S/c1-7(15)14-9(6-22(18,19)20)11(17)21-10(16)8(13)4-2-3-5-12/h8-9H,2-6,12-13H2,1H3,(H,14,15)(H,18,19,20)/t8-,9+/m0/s1. The molecule has 0 saturated carbocycles. The van der Waals surface area contributed by atoms with Gasteiger partial charge >= 0.3 is 11.9 Å². The maximum Gasteiger partial charge on any atom is 0.337 e. The van der Waals surface area contributed by atoms with Crippen molar-refractivity contribution < 1.29 is 32.1 Å². The van der Waals surface area contributed by atoms with Gasteiger partial charge in [0.1, 0.15) is 17.8 Å². The molecular weight excluding hydrogens is 318 g/mol. The molecule has 0 saturated heterocycles. The van der Waals surface area contributed by atoms with E-state index in [-0.39, 0.29) is 6.42 Å². The van der Waals surface area contributed by atoms with Crippen LogP contribution in [-0.4, -0.2) is 55.2 Å². The van der Waals surface area contributed by atoms with Crippen molar-refractivity contribution in [2.24, 2.45) is 11.5 Å². The van der Waals surface area contributed by atoms with Crippen molar-refractivity contribution in [3.8, 4) is 0 Å². The summed E-state index contributed by atoms with van der Waals surface area (Å²) in [7, 11) is -4.56. The van der Waals surface area contributed by atoms with E-state index in [0.29, 0.717) is 19.4 Å². The summed E-state index contributed by atoms with van der Waals surface area (Å²) in [4.78, 5) is 34.2. The highest BCUT2D eigenvalue weighted by atomic mass is 32.2. The second-order valence-corrected chi connectivity index (χ2v) is 6.13. The molecule has 0 aromatic rings. The highest BCUT2D eigenvalue weighted by Gasteiger charge is 2.29. The van der Waals surface area contributed by atoms with E-state index in [2.05, 4.69) is 4.74 Å². The van der Waals surface area contributed by atoms with Gasteiger partial charge in [0.05, 0.1) is 0 Å². The molecule has 0 rings (SSSR count). The SMILES string of the molecule is CC(=O)N[C@H](CS(=O)(=O)O)C(=O)OC(=O)[C@@H](N)CCCCN. The van der Waals surface area contributed by atoms with Crippen molar-refractivity contribution in [2.45, 2.75) is 38.3 Å². The van der Waals surface area contributed by atoms with Gasteiger partial charge in [-0.25, -0.2) is 9.59 Å². The summed E-state index contributed by atoms with van der Waals surface area (Å²) in [5.41, 5.74) is 10.8. The maximum atomic E-state index is 11.7. The number of ether oxygens (including phenoxy) is 1. The van der Waals surface area contributed by atoms with Gasteiger partial charge in [-0.1, -0.05) is 6.42 Å². The minimum absolute atomic E-state index is 0.242. The molecule has 0 aliphatic heterocycles. The number of carbonyl (C=O) groups is 3. The molecule has 0 aliphatic carbocycles. The van der Waals surface area contributed by atoms with E-state index in [4.69, 9.17) is 16.0 Å². The molecule has 2 atom stereocenters. The van der Waals surface area contributed by atoms with E-state index >= 15 is 0 Å². The van der Waals surface area contributed by atoms with Crippen molar-refractivity contribution in [3.05, 3.63) is 0 Å². The molecule has 0 aliphatic rings. The Kier molecular flexibility index (Phi) is 8.79. The molecule has 128 valence electrons. The van der Waals surface area contributed by atoms with Crippen LogP contribution in [0.4, 0.5) is 0 Å². The van der Waals surface area contributed by atoms with Crippen LogP contribution in [0.2, 0.25) is 0 Å². The highest BCUT2D eigenvalue weighted by molar-refractivity contribution is 7.85. The Bertz CT molecular complexity index is 506. The molecule has 6 N–H and O–H groups in total. The molecule has 0 bridgehead atoms. The number of esters is 2. The van der Waals surface area contributed by atoms with Crippen molar-refractivity contribution in [3.63, 3.8) is 0 Å². The van der Waals surface area contributed by atoms with E-state index < -0.39 is 45.8 Å². The molecule has 0 spiro atoms. The number of rotatable bonds is 9. The van der Waals surface area contributed by atoms with E-state index in [1.807, 2.05) is 5.32 Å². The summed E-state index contributed by atoms with van der Waals surface area (Å²) in [6, 6.07) is -2.77. The van der Waals surface area contributed by atoms with E-state index in [1.165, 1.54) is 0 Å². The predicted octanol–water partition coefficient (Wildman–Crippen LogP) is -2.09. The van der Waals surface area contributed by atoms with Gasteiger partial charge in [0, 0.05) is 6.92 Å². The number of nitrogens with two attached hydrogens (primary N) is 2. The third-order valence-corrected chi connectivity index (χ3v) is 3.27. The number of unbranched alkanes of at least 4 members (excludes halogenated alkanes) is 1. The monoisotopic (exact) mass is 339 g/mol. The van der Waals surface area contributed by atoms with Crippen LogP contribution in [0.3, 0.4) is 0 Å². The van der Waals surface area contributed by atoms with Crippen LogP contribution in [0.1, 0.15) is 26.2 Å². The number of nitrogens with one attached hydrogen (secondary N) is 1. The molecule has 0 fully saturated rings. The van der Waals surface area contributed by atoms with Crippen molar-refractivity contribution in [1.82, 2.24) is 5.32 Å². The third-order valence-electron chi connectivity index (χ3n) is 2.51. The van der Waals surface area contributed by atoms with Crippen LogP contribution < -0.4 is 16.8 Å². The lowest BCUT2D eigenvalue weighted by molar-refractivity contribution is -0.162. The first-order valence-electron chi connectivity index (χ1n) is 6.50. The zero-order chi connectivity index (χ0) is 17.3. The Balaban J connectivity index is 4.66. The molecule has 1 amide bonds. The Labute approximate surface area is 128 Å². The lowest BCUT2D eigenvalue weighted by Crippen LogP contribution is -2.47. The summed E-state index contributed by atoms with van der Waals surface area (Å²) < 4.78 is 34.7. The summed E-state index contributed by atoms with van der Waals surface area (Å²) in [6.07, 6.45) is 1.44. The summed E-state index contributed by atoms with van der Waals surface area (Å²) in [5, 5.41) is 1.97. The average molecular weight is 339 g/mol. The number of hydrogen-bond donors (Lipinski definition) is 4. The van der Waals surface area contributed by atoms with Gasteiger partial charge in [0.15, 0.2) is 0 Å². The Morgan fingerprint density at radius 3 is 2.27 bits per heavy atom. The van der Waals surface area contributed by atoms with Crippen LogP contribution >= 0.6 is 0 Å². The quantitative estimate of drug-likeness (QED) is 0.158. The molecule has 0 heterocycles. The summed E-state index contributed by atoms with van der Waals surface area (Å²) in [6.45, 7) is 1.46. The van der Waals surface area contributed by atoms with Crippen LogP contribution in [0.15, 0.2) is 0 Å². The van der Waals surface area contributed by atoms with Gasteiger partial charge < -0.3 is 21.5 Å². The van der Waals surface area contributed by atoms with Crippen molar-refractivity contribution in [2.75, 3.05) is 12.3 Å². The molecule has 10 nitrogen and oxygen atoms in total. The van der Waals surface area contributed by atoms with Crippen LogP contribution in [0.5, 0.6) is 0 Å². The van der Waals surface area contributed by atoms with Gasteiger partial charge in [0.25, 0.3) is 10.1 Å². The smallest absolute Gasteiger partial charge is 0.337 e. The molecule has 0 radical (unpaired) electrons. The number of carbonyl (C=O) groups excluding carboxylic acids is 3. The first-order valence-corrected chi connectivity index (χ1v) is 8.11. The zero-order valence-corrected chi connectivity index (χ0v) is 13.0. The van der Waals surface area contributed by atoms with Gasteiger partial charge in [-0.15, -0.1) is 0 Å². The molecule has 22 heavy (non-hydrogen) atoms. The van der Waals surface area contributed by atoms with Crippen LogP contribution in [0.25, 0.3) is 0 Å². The van der Waals surface area contributed by atoms with Gasteiger partial charge in [-0.05, 0) is 19.4 Å². The zero-order valence-electron chi connectivity index (χ0n) is 12.1. The van der Waals surface area contributed by atoms with Gasteiger partial charge in [-0.2, -0.15) is 8.42 Å². The molecule has 0 unspecified atom stereocenters. The number of amides is 1. The highest BCUT2D eigenvalue weighted by Crippen LogP contribution is 2.02. The second kappa shape index (κ2) is 9.46. The Morgan fingerprint density at radius 1 is 1.23 bits per heavy atom. The minimum atomic E-state index is -4.56. The molecule has 0 aromatic heterocycles. The largest absolute Gasteiger partial charge is 0.390 e. The first-order chi connectivity index (χ1) is 10.1. The fourth-order valence-electron chi connectivity index (χ4n) is 1.50. The van der Waals surface area contributed by atoms with Crippen molar-refractivity contribution in [1.29, 1.82) is 0 Å².